The van der Waals surface area contributed by atoms with E-state index in [1.165, 1.54) is 26.4 Å². The van der Waals surface area contributed by atoms with E-state index in [-0.39, 0.29) is 25.7 Å². The molecular formula is C72H87N13O19. The van der Waals surface area contributed by atoms with Crippen molar-refractivity contribution in [3.8, 4) is 22.3 Å². The van der Waals surface area contributed by atoms with E-state index in [1.807, 2.05) is 60.7 Å². The molecule has 0 saturated carbocycles. The zero-order valence-electron chi connectivity index (χ0n) is 57.6. The number of nitrogens with one attached hydrogen (secondary N) is 11. The maximum absolute atomic E-state index is 14.5. The quantitative estimate of drug-likeness (QED) is 0.0215. The lowest BCUT2D eigenvalue weighted by Gasteiger charge is -2.35. The lowest BCUT2D eigenvalue weighted by atomic mass is 9.92. The number of aliphatic hydroxyl groups is 3. The number of carboxylic acids is 3. The Morgan fingerprint density at radius 2 is 0.942 bits per heavy atom. The molecule has 0 fully saturated rings. The number of H-pyrrole nitrogens is 1. The van der Waals surface area contributed by atoms with Crippen LogP contribution in [-0.4, -0.2) is 202 Å². The van der Waals surface area contributed by atoms with Crippen LogP contribution in [0.15, 0.2) is 152 Å². The number of carboxylic acid groups (broad SMARTS) is 3. The second-order valence-electron chi connectivity index (χ2n) is 25.4. The van der Waals surface area contributed by atoms with Gasteiger partial charge in [0.1, 0.15) is 53.4 Å². The average Bonchev–Trinajstić information content (AvgIpc) is 0.913. The zero-order valence-corrected chi connectivity index (χ0v) is 57.6. The molecule has 0 bridgehead atoms. The van der Waals surface area contributed by atoms with Crippen LogP contribution in [0.5, 0.6) is 0 Å². The second-order valence-corrected chi connectivity index (χ2v) is 25.4. The van der Waals surface area contributed by atoms with Gasteiger partial charge in [0.15, 0.2) is 0 Å². The lowest BCUT2D eigenvalue weighted by Crippen LogP contribution is -2.68. The van der Waals surface area contributed by atoms with E-state index in [2.05, 4.69) is 63.1 Å². The van der Waals surface area contributed by atoms with Gasteiger partial charge in [-0.25, -0.2) is 9.78 Å². The van der Waals surface area contributed by atoms with Gasteiger partial charge in [-0.3, -0.25) is 57.5 Å². The first-order chi connectivity index (χ1) is 49.3. The van der Waals surface area contributed by atoms with Crippen molar-refractivity contribution < 1.29 is 93.0 Å². The van der Waals surface area contributed by atoms with E-state index in [0.29, 0.717) is 22.4 Å². The number of aromatic nitrogens is 2. The number of nitrogens with zero attached hydrogens (tertiary/aromatic N) is 1. The Hall–Kier alpha value is -11.7. The summed E-state index contributed by atoms with van der Waals surface area (Å²) in [7, 11) is 0. The molecule has 0 radical (unpaired) electrons. The summed E-state index contributed by atoms with van der Waals surface area (Å²) in [6, 6.07) is 26.6. The minimum atomic E-state index is -2.49. The summed E-state index contributed by atoms with van der Waals surface area (Å²) in [6.07, 6.45) is -3.90. The summed E-state index contributed by atoms with van der Waals surface area (Å²) >= 11 is 0. The molecule has 1 aromatic heterocycles. The molecule has 0 aliphatic carbocycles. The van der Waals surface area contributed by atoms with Crippen LogP contribution in [0.3, 0.4) is 0 Å². The van der Waals surface area contributed by atoms with E-state index in [9.17, 15) is 93.0 Å². The molecule has 11 atom stereocenters. The fourth-order valence-electron chi connectivity index (χ4n) is 10.5. The Bertz CT molecular complexity index is 3960. The third-order valence-electron chi connectivity index (χ3n) is 16.8. The summed E-state index contributed by atoms with van der Waals surface area (Å²) in [5.74, 6) is -15.8. The van der Waals surface area contributed by atoms with Gasteiger partial charge in [0.25, 0.3) is 0 Å². The number of aromatic amines is 1. The molecule has 0 unspecified atom stereocenters. The van der Waals surface area contributed by atoms with Crippen molar-refractivity contribution in [2.75, 3.05) is 13.2 Å². The monoisotopic (exact) mass is 1440 g/mol. The molecule has 0 spiro atoms. The van der Waals surface area contributed by atoms with E-state index in [0.717, 1.165) is 43.0 Å². The Balaban J connectivity index is 1.14. The number of nitrogens with two attached hydrogens (primary N) is 1. The van der Waals surface area contributed by atoms with Crippen LogP contribution in [-0.2, 0) is 88.0 Å². The highest BCUT2D eigenvalue weighted by atomic mass is 16.4. The second kappa shape index (κ2) is 38.3. The largest absolute Gasteiger partial charge is 0.481 e. The number of rotatable bonds is 39. The number of hydrogen-bond acceptors (Lipinski definition) is 18. The maximum atomic E-state index is 14.5. The molecule has 19 N–H and O–H groups in total. The number of carbonyl (C=O) groups is 13. The first-order valence-electron chi connectivity index (χ1n) is 33.0. The Kier molecular flexibility index (Phi) is 29.9. The van der Waals surface area contributed by atoms with E-state index in [1.54, 1.807) is 78.9 Å². The van der Waals surface area contributed by atoms with Crippen LogP contribution in [0.1, 0.15) is 76.3 Å². The van der Waals surface area contributed by atoms with E-state index >= 15 is 0 Å². The molecule has 0 aliphatic rings. The Labute approximate surface area is 597 Å². The number of carbonyl (C=O) groups excluding carboxylic acids is 10. The molecule has 6 aromatic rings. The minimum Gasteiger partial charge on any atom is -0.481 e. The number of hydrogen-bond donors (Lipinski definition) is 18. The van der Waals surface area contributed by atoms with Crippen molar-refractivity contribution in [2.24, 2.45) is 5.73 Å². The van der Waals surface area contributed by atoms with Crippen LogP contribution in [0, 0.1) is 0 Å². The fourth-order valence-corrected chi connectivity index (χ4v) is 10.5. The third kappa shape index (κ3) is 24.5. The molecule has 0 aliphatic heterocycles. The fraction of sp³-hybridized carbons (Fsp3) is 0.361. The molecule has 32 nitrogen and oxygen atoms in total. The van der Waals surface area contributed by atoms with Crippen LogP contribution >= 0.6 is 0 Å². The summed E-state index contributed by atoms with van der Waals surface area (Å²) in [5, 5.41) is 85.8. The molecule has 32 heteroatoms. The maximum Gasteiger partial charge on any atom is 0.326 e. The van der Waals surface area contributed by atoms with E-state index in [4.69, 9.17) is 5.73 Å². The molecule has 6 rings (SSSR count). The standard InChI is InChI=1S/C72H87N13O19/c1-40(87)60(83-57(89)37-75-62(95)51(29-30-58(90)91)81-69(103)71(3,4)84-61(94)50(73)34-49-36-74-39-76-49)67(100)79-53(31-42-15-9-6-10-16-42)66(99)85-72(5,41(2)88)70(104)82-56(38-86)65(98)78-54(35-59(92)93)64(97)77-52(32-43-21-25-47(26-22-43)45-17-11-7-12-18-45)63(96)80-55(68(101)102)33-44-23-27-48(28-24-44)46-19-13-8-14-20-46/h6-28,36,39-41,50-56,60,86-88H,29-35,37-38,73H2,1-5H3,(H,74,76)(H,75,95)(H,77,97)(H,78,98)(H,79,100)(H,80,96)(H,81,103)(H,82,104)(H,83,89)(H,84,94)(H,85,99)(H,90,91)(H,92,93)(H,101,102)/t40-,41-,50+,51+,52+,53+,54+,55+,56+,60+,72+/m1/s1. The van der Waals surface area contributed by atoms with Gasteiger partial charge in [-0.2, -0.15) is 0 Å². The summed E-state index contributed by atoms with van der Waals surface area (Å²) in [6.45, 7) is 3.53. The predicted octanol–water partition coefficient (Wildman–Crippen LogP) is -1.20. The summed E-state index contributed by atoms with van der Waals surface area (Å²) < 4.78 is 0. The van der Waals surface area contributed by atoms with Gasteiger partial charge in [-0.05, 0) is 80.0 Å². The highest BCUT2D eigenvalue weighted by molar-refractivity contribution is 6.01. The number of amides is 10. The van der Waals surface area contributed by atoms with Crippen molar-refractivity contribution in [3.63, 3.8) is 0 Å². The molecule has 554 valence electrons. The van der Waals surface area contributed by atoms with Crippen molar-refractivity contribution in [1.82, 2.24) is 63.1 Å². The molecular weight excluding hydrogens is 1350 g/mol. The molecule has 104 heavy (non-hydrogen) atoms. The van der Waals surface area contributed by atoms with Gasteiger partial charge in [0.05, 0.1) is 49.8 Å². The zero-order chi connectivity index (χ0) is 76.4. The van der Waals surface area contributed by atoms with Crippen molar-refractivity contribution in [1.29, 1.82) is 0 Å². The summed E-state index contributed by atoms with van der Waals surface area (Å²) in [5.41, 5.74) is 7.02. The van der Waals surface area contributed by atoms with Crippen LogP contribution < -0.4 is 58.9 Å². The highest BCUT2D eigenvalue weighted by Crippen LogP contribution is 2.23. The first kappa shape index (κ1) is 81.2. The number of aliphatic hydroxyl groups excluding tert-OH is 3. The predicted molar refractivity (Wildman–Crippen MR) is 374 cm³/mol. The molecule has 10 amide bonds. The van der Waals surface area contributed by atoms with Gasteiger partial charge < -0.3 is 94.5 Å². The molecule has 5 aromatic carbocycles. The molecule has 1 heterocycles. The summed E-state index contributed by atoms with van der Waals surface area (Å²) in [4.78, 5) is 183. The van der Waals surface area contributed by atoms with E-state index < -0.39 is 181 Å². The van der Waals surface area contributed by atoms with Gasteiger partial charge in [0, 0.05) is 38.3 Å². The minimum absolute atomic E-state index is 0.00211. The number of aliphatic carboxylic acids is 3. The van der Waals surface area contributed by atoms with Gasteiger partial charge in [0.2, 0.25) is 59.1 Å². The highest BCUT2D eigenvalue weighted by Gasteiger charge is 2.44. The average molecular weight is 1440 g/mol. The SMILES string of the molecule is C[C@@H](O)[C@H](NC(=O)CNC(=O)[C@H](CCC(=O)O)NC(=O)C(C)(C)NC(=O)[C@@H](N)Cc1c[nH]cn1)C(=O)N[C@@H](Cc1ccccc1)C(=O)N[C@](C)(C(=O)N[C@@H](CO)C(=O)N[C@@H](CC(=O)O)C(=O)N[C@@H](Cc1ccc(-c2ccccc2)cc1)C(=O)N[C@@H](Cc1ccc(-c2ccccc2)cc1)C(=O)O)[C@@H](C)O. The van der Waals surface area contributed by atoms with Crippen LogP contribution in [0.25, 0.3) is 22.3 Å². The van der Waals surface area contributed by atoms with Gasteiger partial charge in [-0.15, -0.1) is 0 Å². The van der Waals surface area contributed by atoms with Crippen molar-refractivity contribution >= 4 is 77.0 Å². The van der Waals surface area contributed by atoms with Gasteiger partial charge >= 0.3 is 17.9 Å². The van der Waals surface area contributed by atoms with Crippen LogP contribution in [0.4, 0.5) is 0 Å². The first-order valence-corrected chi connectivity index (χ1v) is 33.0. The normalized spacial score (nSPS) is 14.7. The topological polar surface area (TPSA) is 518 Å². The number of benzene rings is 5. The Morgan fingerprint density at radius 1 is 0.481 bits per heavy atom. The van der Waals surface area contributed by atoms with Crippen LogP contribution in [0.2, 0.25) is 0 Å². The number of imidazole rings is 1. The molecule has 0 saturated heterocycles. The van der Waals surface area contributed by atoms with Gasteiger partial charge in [-0.1, -0.05) is 140 Å². The Morgan fingerprint density at radius 3 is 1.43 bits per heavy atom. The van der Waals surface area contributed by atoms with Crippen molar-refractivity contribution in [2.45, 2.75) is 151 Å². The van der Waals surface area contributed by atoms with Crippen molar-refractivity contribution in [3.05, 3.63) is 174 Å². The third-order valence-corrected chi connectivity index (χ3v) is 16.8. The smallest absolute Gasteiger partial charge is 0.326 e. The lowest BCUT2D eigenvalue weighted by molar-refractivity contribution is -0.143.